The molecule has 3 heteroatoms. The number of benzene rings is 1. The molecule has 0 radical (unpaired) electrons. The van der Waals surface area contributed by atoms with E-state index in [4.69, 9.17) is 0 Å². The molecule has 0 aliphatic rings. The van der Waals surface area contributed by atoms with Gasteiger partial charge < -0.3 is 4.90 Å². The number of nitrogens with zero attached hydrogens (tertiary/aromatic N) is 2. The van der Waals surface area contributed by atoms with E-state index < -0.39 is 0 Å². The van der Waals surface area contributed by atoms with Gasteiger partial charge in [-0.1, -0.05) is 13.2 Å². The Morgan fingerprint density at radius 2 is 1.75 bits per heavy atom. The van der Waals surface area contributed by atoms with Crippen LogP contribution in [0.4, 0.5) is 5.69 Å². The summed E-state index contributed by atoms with van der Waals surface area (Å²) in [4.78, 5) is 6.46. The van der Waals surface area contributed by atoms with Gasteiger partial charge in [-0.2, -0.15) is 0 Å². The summed E-state index contributed by atoms with van der Waals surface area (Å²) in [5, 5.41) is 1.76. The first-order chi connectivity index (χ1) is 7.58. The molecule has 0 aliphatic heterocycles. The Bertz CT molecular complexity index is 554. The lowest BCUT2D eigenvalue weighted by Gasteiger charge is -2.11. The second kappa shape index (κ2) is 4.10. The summed E-state index contributed by atoms with van der Waals surface area (Å²) in [6.07, 6.45) is 0. The lowest BCUT2D eigenvalue weighted by atomic mass is 10.2. The molecular weight excluding hydrogens is 216 g/mol. The Labute approximate surface area is 99.2 Å². The van der Waals surface area contributed by atoms with Crippen LogP contribution in [0.3, 0.4) is 0 Å². The molecule has 0 spiro atoms. The van der Waals surface area contributed by atoms with E-state index in [9.17, 15) is 0 Å². The van der Waals surface area contributed by atoms with E-state index in [2.05, 4.69) is 47.3 Å². The Balaban J connectivity index is 2.42. The van der Waals surface area contributed by atoms with Gasteiger partial charge in [-0.25, -0.2) is 4.98 Å². The number of hydrogen-bond donors (Lipinski definition) is 0. The van der Waals surface area contributed by atoms with Gasteiger partial charge in [-0.3, -0.25) is 0 Å². The van der Waals surface area contributed by atoms with Crippen LogP contribution in [0, 0.1) is 0 Å². The monoisotopic (exact) mass is 230 g/mol. The highest BCUT2D eigenvalue weighted by Gasteiger charge is 2.02. The zero-order chi connectivity index (χ0) is 11.7. The van der Waals surface area contributed by atoms with Crippen molar-refractivity contribution in [2.24, 2.45) is 0 Å². The maximum Gasteiger partial charge on any atom is 0.124 e. The molecule has 1 aromatic carbocycles. The third kappa shape index (κ3) is 1.99. The summed E-state index contributed by atoms with van der Waals surface area (Å²) < 4.78 is 0.937. The van der Waals surface area contributed by atoms with Gasteiger partial charge in [-0.15, -0.1) is 11.3 Å². The largest absolute Gasteiger partial charge is 0.378 e. The van der Waals surface area contributed by atoms with E-state index in [0.717, 1.165) is 20.5 Å². The van der Waals surface area contributed by atoms with Crippen molar-refractivity contribution in [3.8, 4) is 10.6 Å². The highest BCUT2D eigenvalue weighted by Crippen LogP contribution is 2.21. The number of hydrogen-bond acceptors (Lipinski definition) is 3. The van der Waals surface area contributed by atoms with Gasteiger partial charge in [0, 0.05) is 29.9 Å². The third-order valence-electron chi connectivity index (χ3n) is 2.41. The van der Waals surface area contributed by atoms with E-state index in [0.29, 0.717) is 0 Å². The Hall–Kier alpha value is -1.61. The SMILES string of the molecule is C=c1nc(-c2ccc(N(C)C)cc2)sc1=C. The molecule has 2 rings (SSSR count). The highest BCUT2D eigenvalue weighted by molar-refractivity contribution is 7.12. The molecule has 0 bridgehead atoms. The van der Waals surface area contributed by atoms with Crippen LogP contribution in [0.5, 0.6) is 0 Å². The molecule has 0 N–H and O–H groups in total. The molecule has 2 nitrogen and oxygen atoms in total. The summed E-state index contributed by atoms with van der Waals surface area (Å²) in [6, 6.07) is 8.32. The first-order valence-corrected chi connectivity index (χ1v) is 5.82. The van der Waals surface area contributed by atoms with E-state index >= 15 is 0 Å². The summed E-state index contributed by atoms with van der Waals surface area (Å²) in [6.45, 7) is 7.74. The van der Waals surface area contributed by atoms with Crippen LogP contribution in [0.15, 0.2) is 24.3 Å². The summed E-state index contributed by atoms with van der Waals surface area (Å²) in [5.74, 6) is 0. The third-order valence-corrected chi connectivity index (χ3v) is 3.41. The lowest BCUT2D eigenvalue weighted by Crippen LogP contribution is -2.15. The fraction of sp³-hybridized carbons (Fsp3) is 0.154. The minimum Gasteiger partial charge on any atom is -0.378 e. The molecule has 0 saturated carbocycles. The fourth-order valence-electron chi connectivity index (χ4n) is 1.41. The quantitative estimate of drug-likeness (QED) is 0.780. The van der Waals surface area contributed by atoms with Crippen LogP contribution in [-0.2, 0) is 0 Å². The normalized spacial score (nSPS) is 10.4. The maximum atomic E-state index is 4.39. The fourth-order valence-corrected chi connectivity index (χ4v) is 2.22. The average molecular weight is 230 g/mol. The van der Waals surface area contributed by atoms with Crippen molar-refractivity contribution in [2.45, 2.75) is 0 Å². The van der Waals surface area contributed by atoms with Crippen molar-refractivity contribution in [1.29, 1.82) is 0 Å². The minimum atomic E-state index is 0.775. The lowest BCUT2D eigenvalue weighted by molar-refractivity contribution is 1.13. The van der Waals surface area contributed by atoms with E-state index in [1.54, 1.807) is 11.3 Å². The van der Waals surface area contributed by atoms with Gasteiger partial charge >= 0.3 is 0 Å². The van der Waals surface area contributed by atoms with E-state index in [-0.39, 0.29) is 0 Å². The summed E-state index contributed by atoms with van der Waals surface area (Å²) in [7, 11) is 4.06. The second-order valence-corrected chi connectivity index (χ2v) is 4.91. The van der Waals surface area contributed by atoms with Gasteiger partial charge in [0.1, 0.15) is 5.01 Å². The van der Waals surface area contributed by atoms with Crippen LogP contribution in [0.25, 0.3) is 23.7 Å². The molecule has 0 amide bonds. The molecule has 16 heavy (non-hydrogen) atoms. The van der Waals surface area contributed by atoms with Crippen molar-refractivity contribution in [3.05, 3.63) is 34.1 Å². The number of anilines is 1. The molecule has 82 valence electrons. The Morgan fingerprint density at radius 1 is 1.12 bits per heavy atom. The highest BCUT2D eigenvalue weighted by atomic mass is 32.1. The van der Waals surface area contributed by atoms with Crippen LogP contribution < -0.4 is 14.8 Å². The molecule has 0 saturated heterocycles. The zero-order valence-electron chi connectivity index (χ0n) is 9.53. The van der Waals surface area contributed by atoms with Crippen molar-refractivity contribution in [1.82, 2.24) is 4.98 Å². The Kier molecular flexibility index (Phi) is 2.79. The van der Waals surface area contributed by atoms with Crippen molar-refractivity contribution in [2.75, 3.05) is 19.0 Å². The topological polar surface area (TPSA) is 16.1 Å². The molecule has 0 atom stereocenters. The van der Waals surface area contributed by atoms with Gasteiger partial charge in [0.15, 0.2) is 0 Å². The second-order valence-electron chi connectivity index (χ2n) is 3.83. The van der Waals surface area contributed by atoms with Crippen molar-refractivity contribution in [3.63, 3.8) is 0 Å². The van der Waals surface area contributed by atoms with Gasteiger partial charge in [0.25, 0.3) is 0 Å². The molecule has 1 aromatic heterocycles. The molecule has 0 unspecified atom stereocenters. The number of thiazole rings is 1. The number of rotatable bonds is 2. The molecule has 2 aromatic rings. The van der Waals surface area contributed by atoms with Crippen LogP contribution >= 0.6 is 11.3 Å². The Morgan fingerprint density at radius 3 is 2.19 bits per heavy atom. The zero-order valence-corrected chi connectivity index (χ0v) is 10.3. The minimum absolute atomic E-state index is 0.775. The van der Waals surface area contributed by atoms with Crippen LogP contribution in [0.2, 0.25) is 0 Å². The first-order valence-electron chi connectivity index (χ1n) is 5.00. The van der Waals surface area contributed by atoms with Crippen LogP contribution in [-0.4, -0.2) is 19.1 Å². The molecular formula is C13H14N2S. The first kappa shape index (κ1) is 10.9. The number of aromatic nitrogens is 1. The summed E-state index contributed by atoms with van der Waals surface area (Å²) >= 11 is 1.58. The van der Waals surface area contributed by atoms with Crippen molar-refractivity contribution < 1.29 is 0 Å². The van der Waals surface area contributed by atoms with Gasteiger partial charge in [0.2, 0.25) is 0 Å². The standard InChI is InChI=1S/C13H14N2S/c1-9-10(2)16-13(14-9)11-5-7-12(8-6-11)15(3)4/h5-8H,1-2H2,3-4H3. The summed E-state index contributed by atoms with van der Waals surface area (Å²) in [5.41, 5.74) is 2.31. The molecule has 1 heterocycles. The molecule has 0 aliphatic carbocycles. The maximum absolute atomic E-state index is 4.39. The average Bonchev–Trinajstić information content (AvgIpc) is 2.59. The van der Waals surface area contributed by atoms with Crippen molar-refractivity contribution >= 4 is 30.2 Å². The predicted octanol–water partition coefficient (Wildman–Crippen LogP) is 1.70. The smallest absolute Gasteiger partial charge is 0.124 e. The predicted molar refractivity (Wildman–Crippen MR) is 72.2 cm³/mol. The molecule has 0 fully saturated rings. The van der Waals surface area contributed by atoms with E-state index in [1.807, 2.05) is 14.1 Å². The van der Waals surface area contributed by atoms with E-state index in [1.165, 1.54) is 5.69 Å². The van der Waals surface area contributed by atoms with Gasteiger partial charge in [0.05, 0.1) is 5.35 Å². The van der Waals surface area contributed by atoms with Crippen LogP contribution in [0.1, 0.15) is 0 Å². The van der Waals surface area contributed by atoms with Gasteiger partial charge in [-0.05, 0) is 24.3 Å².